The number of anilines is 1. The summed E-state index contributed by atoms with van der Waals surface area (Å²) in [6.45, 7) is 7.20. The highest BCUT2D eigenvalue weighted by Crippen LogP contribution is 2.17. The van der Waals surface area contributed by atoms with Gasteiger partial charge in [-0.2, -0.15) is 0 Å². The highest BCUT2D eigenvalue weighted by molar-refractivity contribution is 5.92. The number of amides is 1. The molecule has 1 N–H and O–H groups in total. The first-order chi connectivity index (χ1) is 9.95. The Labute approximate surface area is 125 Å². The van der Waals surface area contributed by atoms with E-state index in [-0.39, 0.29) is 11.4 Å². The maximum Gasteiger partial charge on any atom is 0.238 e. The van der Waals surface area contributed by atoms with Crippen molar-refractivity contribution >= 4 is 11.6 Å². The van der Waals surface area contributed by atoms with Gasteiger partial charge >= 0.3 is 0 Å². The van der Waals surface area contributed by atoms with Gasteiger partial charge in [0, 0.05) is 11.2 Å². The Kier molecular flexibility index (Phi) is 4.81. The van der Waals surface area contributed by atoms with Gasteiger partial charge in [-0.15, -0.1) is 0 Å². The SMILES string of the molecule is CC(C)(C)N(CC(=O)Nc1ccccc1)Cc1ccco1. The van der Waals surface area contributed by atoms with E-state index in [1.54, 1.807) is 6.26 Å². The highest BCUT2D eigenvalue weighted by Gasteiger charge is 2.24. The van der Waals surface area contributed by atoms with Crippen LogP contribution in [0.15, 0.2) is 53.1 Å². The van der Waals surface area contributed by atoms with Crippen molar-refractivity contribution in [1.82, 2.24) is 4.90 Å². The average molecular weight is 286 g/mol. The third-order valence-electron chi connectivity index (χ3n) is 3.27. The molecule has 1 aromatic carbocycles. The highest BCUT2D eigenvalue weighted by atomic mass is 16.3. The smallest absolute Gasteiger partial charge is 0.238 e. The van der Waals surface area contributed by atoms with Crippen LogP contribution in [0.3, 0.4) is 0 Å². The number of benzene rings is 1. The van der Waals surface area contributed by atoms with Crippen LogP contribution in [-0.4, -0.2) is 22.9 Å². The van der Waals surface area contributed by atoms with E-state index in [0.717, 1.165) is 11.4 Å². The van der Waals surface area contributed by atoms with Gasteiger partial charge in [0.2, 0.25) is 5.91 Å². The zero-order valence-electron chi connectivity index (χ0n) is 12.8. The number of para-hydroxylation sites is 1. The topological polar surface area (TPSA) is 45.5 Å². The lowest BCUT2D eigenvalue weighted by Gasteiger charge is -2.34. The summed E-state index contributed by atoms with van der Waals surface area (Å²) in [6.07, 6.45) is 1.65. The Bertz CT molecular complexity index is 556. The number of rotatable bonds is 5. The van der Waals surface area contributed by atoms with E-state index in [1.807, 2.05) is 42.5 Å². The van der Waals surface area contributed by atoms with Gasteiger partial charge in [0.1, 0.15) is 5.76 Å². The van der Waals surface area contributed by atoms with Crippen molar-refractivity contribution in [3.05, 3.63) is 54.5 Å². The number of nitrogens with one attached hydrogen (secondary N) is 1. The van der Waals surface area contributed by atoms with Crippen LogP contribution in [0.5, 0.6) is 0 Å². The fourth-order valence-electron chi connectivity index (χ4n) is 2.02. The molecular formula is C17H22N2O2. The van der Waals surface area contributed by atoms with Gasteiger partial charge in [-0.3, -0.25) is 9.69 Å². The van der Waals surface area contributed by atoms with Crippen molar-refractivity contribution in [3.63, 3.8) is 0 Å². The van der Waals surface area contributed by atoms with Gasteiger partial charge in [-0.25, -0.2) is 0 Å². The minimum atomic E-state index is -0.124. The number of nitrogens with zero attached hydrogens (tertiary/aromatic N) is 1. The molecule has 2 rings (SSSR count). The maximum absolute atomic E-state index is 12.2. The van der Waals surface area contributed by atoms with Gasteiger partial charge < -0.3 is 9.73 Å². The normalized spacial score (nSPS) is 11.6. The Hall–Kier alpha value is -2.07. The molecule has 0 aliphatic rings. The van der Waals surface area contributed by atoms with E-state index < -0.39 is 0 Å². The van der Waals surface area contributed by atoms with Crippen molar-refractivity contribution in [2.24, 2.45) is 0 Å². The number of furan rings is 1. The molecule has 0 unspecified atom stereocenters. The molecule has 0 fully saturated rings. The van der Waals surface area contributed by atoms with E-state index in [1.165, 1.54) is 0 Å². The molecule has 4 nitrogen and oxygen atoms in total. The van der Waals surface area contributed by atoms with Gasteiger partial charge in [0.05, 0.1) is 19.4 Å². The molecule has 0 aliphatic carbocycles. The van der Waals surface area contributed by atoms with Crippen molar-refractivity contribution in [3.8, 4) is 0 Å². The molecule has 2 aromatic rings. The summed E-state index contributed by atoms with van der Waals surface area (Å²) in [5, 5.41) is 2.91. The van der Waals surface area contributed by atoms with E-state index in [2.05, 4.69) is 31.0 Å². The van der Waals surface area contributed by atoms with Gasteiger partial charge in [-0.1, -0.05) is 18.2 Å². The Morgan fingerprint density at radius 2 is 1.86 bits per heavy atom. The zero-order chi connectivity index (χ0) is 15.3. The molecule has 1 heterocycles. The fourth-order valence-corrected chi connectivity index (χ4v) is 2.02. The second-order valence-electron chi connectivity index (χ2n) is 6.02. The van der Waals surface area contributed by atoms with Crippen LogP contribution in [0.4, 0.5) is 5.69 Å². The molecule has 0 saturated heterocycles. The van der Waals surface area contributed by atoms with E-state index >= 15 is 0 Å². The van der Waals surface area contributed by atoms with Crippen molar-refractivity contribution < 1.29 is 9.21 Å². The second kappa shape index (κ2) is 6.59. The first-order valence-corrected chi connectivity index (χ1v) is 7.07. The van der Waals surface area contributed by atoms with Crippen LogP contribution in [0.1, 0.15) is 26.5 Å². The molecule has 0 spiro atoms. The molecule has 1 amide bonds. The number of carbonyl (C=O) groups excluding carboxylic acids is 1. The summed E-state index contributed by atoms with van der Waals surface area (Å²) in [5.74, 6) is 0.833. The predicted molar refractivity (Wildman–Crippen MR) is 83.9 cm³/mol. The summed E-state index contributed by atoms with van der Waals surface area (Å²) in [4.78, 5) is 14.3. The van der Waals surface area contributed by atoms with Crippen LogP contribution in [0.2, 0.25) is 0 Å². The standard InChI is InChI=1S/C17H22N2O2/c1-17(2,3)19(12-15-10-7-11-21-15)13-16(20)18-14-8-5-4-6-9-14/h4-11H,12-13H2,1-3H3,(H,18,20). The quantitative estimate of drug-likeness (QED) is 0.914. The molecule has 112 valence electrons. The molecule has 0 bridgehead atoms. The first kappa shape index (κ1) is 15.3. The van der Waals surface area contributed by atoms with Crippen LogP contribution in [-0.2, 0) is 11.3 Å². The summed E-state index contributed by atoms with van der Waals surface area (Å²) in [5.41, 5.74) is 0.690. The second-order valence-corrected chi connectivity index (χ2v) is 6.02. The van der Waals surface area contributed by atoms with Crippen LogP contribution in [0.25, 0.3) is 0 Å². The number of hydrogen-bond acceptors (Lipinski definition) is 3. The minimum Gasteiger partial charge on any atom is -0.468 e. The molecule has 1 aromatic heterocycles. The third-order valence-corrected chi connectivity index (χ3v) is 3.27. The van der Waals surface area contributed by atoms with Gasteiger partial charge in [0.25, 0.3) is 0 Å². The van der Waals surface area contributed by atoms with Crippen molar-refractivity contribution in [2.45, 2.75) is 32.9 Å². The largest absolute Gasteiger partial charge is 0.468 e. The minimum absolute atomic E-state index is 0.0253. The number of carbonyl (C=O) groups is 1. The maximum atomic E-state index is 12.2. The van der Waals surface area contributed by atoms with Gasteiger partial charge in [0.15, 0.2) is 0 Å². The van der Waals surface area contributed by atoms with E-state index in [4.69, 9.17) is 4.42 Å². The van der Waals surface area contributed by atoms with Crippen LogP contribution < -0.4 is 5.32 Å². The number of hydrogen-bond donors (Lipinski definition) is 1. The summed E-state index contributed by atoms with van der Waals surface area (Å²) < 4.78 is 5.39. The summed E-state index contributed by atoms with van der Waals surface area (Å²) >= 11 is 0. The molecular weight excluding hydrogens is 264 g/mol. The van der Waals surface area contributed by atoms with E-state index in [0.29, 0.717) is 13.1 Å². The summed E-state index contributed by atoms with van der Waals surface area (Å²) in [6, 6.07) is 13.3. The summed E-state index contributed by atoms with van der Waals surface area (Å²) in [7, 11) is 0. The average Bonchev–Trinajstić information content (AvgIpc) is 2.91. The van der Waals surface area contributed by atoms with Crippen LogP contribution in [0, 0.1) is 0 Å². The lowest BCUT2D eigenvalue weighted by Crippen LogP contribution is -2.45. The third kappa shape index (κ3) is 4.76. The van der Waals surface area contributed by atoms with Crippen molar-refractivity contribution in [2.75, 3.05) is 11.9 Å². The van der Waals surface area contributed by atoms with Gasteiger partial charge in [-0.05, 0) is 45.0 Å². The fraction of sp³-hybridized carbons (Fsp3) is 0.353. The molecule has 0 radical (unpaired) electrons. The lowest BCUT2D eigenvalue weighted by molar-refractivity contribution is -0.118. The predicted octanol–water partition coefficient (Wildman–Crippen LogP) is 3.52. The van der Waals surface area contributed by atoms with Crippen LogP contribution >= 0.6 is 0 Å². The van der Waals surface area contributed by atoms with E-state index in [9.17, 15) is 4.79 Å². The monoisotopic (exact) mass is 286 g/mol. The Morgan fingerprint density at radius 1 is 1.14 bits per heavy atom. The molecule has 4 heteroatoms. The van der Waals surface area contributed by atoms with Crippen molar-refractivity contribution in [1.29, 1.82) is 0 Å². The molecule has 0 saturated carbocycles. The zero-order valence-corrected chi connectivity index (χ0v) is 12.8. The molecule has 21 heavy (non-hydrogen) atoms. The Morgan fingerprint density at radius 3 is 2.43 bits per heavy atom. The molecule has 0 atom stereocenters. The first-order valence-electron chi connectivity index (χ1n) is 7.07. The molecule has 0 aliphatic heterocycles. The Balaban J connectivity index is 2.00. The lowest BCUT2D eigenvalue weighted by atomic mass is 10.1.